The van der Waals surface area contributed by atoms with Gasteiger partial charge in [0.25, 0.3) is 0 Å². The normalized spacial score (nSPS) is 10.9. The van der Waals surface area contributed by atoms with Crippen molar-refractivity contribution in [1.29, 1.82) is 0 Å². The zero-order valence-electron chi connectivity index (χ0n) is 13.1. The summed E-state index contributed by atoms with van der Waals surface area (Å²) in [5, 5.41) is 5.44. The SMILES string of the molecule is COc1ccccc1-c1cnc2c(NCc3cccs3)nccn12. The molecule has 6 heteroatoms. The lowest BCUT2D eigenvalue weighted by Crippen LogP contribution is -2.03. The molecule has 0 saturated heterocycles. The van der Waals surface area contributed by atoms with Crippen molar-refractivity contribution in [1.82, 2.24) is 14.4 Å². The lowest BCUT2D eigenvalue weighted by molar-refractivity contribution is 0.416. The Labute approximate surface area is 143 Å². The van der Waals surface area contributed by atoms with Gasteiger partial charge in [-0.1, -0.05) is 18.2 Å². The van der Waals surface area contributed by atoms with Gasteiger partial charge in [0, 0.05) is 22.8 Å². The van der Waals surface area contributed by atoms with Crippen LogP contribution in [0.2, 0.25) is 0 Å². The average Bonchev–Trinajstić information content (AvgIpc) is 3.29. The minimum atomic E-state index is 0.737. The number of aromatic nitrogens is 3. The number of ether oxygens (including phenoxy) is 1. The van der Waals surface area contributed by atoms with E-state index >= 15 is 0 Å². The van der Waals surface area contributed by atoms with Gasteiger partial charge in [-0.15, -0.1) is 11.3 Å². The molecule has 1 N–H and O–H groups in total. The predicted molar refractivity (Wildman–Crippen MR) is 96.6 cm³/mol. The molecule has 3 heterocycles. The van der Waals surface area contributed by atoms with Gasteiger partial charge < -0.3 is 10.1 Å². The van der Waals surface area contributed by atoms with E-state index in [9.17, 15) is 0 Å². The van der Waals surface area contributed by atoms with Gasteiger partial charge in [0.05, 0.1) is 25.5 Å². The third-order valence-corrected chi connectivity index (χ3v) is 4.70. The van der Waals surface area contributed by atoms with Crippen LogP contribution in [0.4, 0.5) is 5.82 Å². The van der Waals surface area contributed by atoms with Crippen LogP contribution in [0.3, 0.4) is 0 Å². The molecule has 5 nitrogen and oxygen atoms in total. The number of nitrogens with zero attached hydrogens (tertiary/aromatic N) is 3. The van der Waals surface area contributed by atoms with Crippen LogP contribution in [0.1, 0.15) is 4.88 Å². The topological polar surface area (TPSA) is 51.5 Å². The zero-order valence-corrected chi connectivity index (χ0v) is 14.0. The van der Waals surface area contributed by atoms with Crippen molar-refractivity contribution in [3.8, 4) is 17.0 Å². The number of rotatable bonds is 5. The number of hydrogen-bond donors (Lipinski definition) is 1. The average molecular weight is 336 g/mol. The van der Waals surface area contributed by atoms with Crippen LogP contribution in [0.5, 0.6) is 5.75 Å². The molecule has 0 fully saturated rings. The van der Waals surface area contributed by atoms with Gasteiger partial charge in [0.15, 0.2) is 11.5 Å². The first-order valence-electron chi connectivity index (χ1n) is 7.58. The number of hydrogen-bond acceptors (Lipinski definition) is 5. The number of thiophene rings is 1. The molecule has 4 rings (SSSR count). The molecular weight excluding hydrogens is 320 g/mol. The predicted octanol–water partition coefficient (Wildman–Crippen LogP) is 4.08. The van der Waals surface area contributed by atoms with E-state index in [2.05, 4.69) is 26.7 Å². The molecule has 0 atom stereocenters. The molecule has 0 aliphatic carbocycles. The summed E-state index contributed by atoms with van der Waals surface area (Å²) in [5.74, 6) is 1.59. The first-order chi connectivity index (χ1) is 11.9. The standard InChI is InChI=1S/C18H16N4OS/c1-23-16-7-3-2-6-14(16)15-12-21-18-17(19-8-9-22(15)18)20-11-13-5-4-10-24-13/h2-10,12H,11H2,1H3,(H,19,20). The molecule has 0 bridgehead atoms. The maximum absolute atomic E-state index is 5.47. The summed E-state index contributed by atoms with van der Waals surface area (Å²) in [6.07, 6.45) is 5.55. The number of para-hydroxylation sites is 1. The summed E-state index contributed by atoms with van der Waals surface area (Å²) in [6, 6.07) is 12.1. The van der Waals surface area contributed by atoms with Crippen LogP contribution >= 0.6 is 11.3 Å². The fourth-order valence-electron chi connectivity index (χ4n) is 2.68. The van der Waals surface area contributed by atoms with E-state index in [1.54, 1.807) is 24.6 Å². The Hall–Kier alpha value is -2.86. The largest absolute Gasteiger partial charge is 0.496 e. The molecule has 0 amide bonds. The van der Waals surface area contributed by atoms with Crippen LogP contribution in [-0.4, -0.2) is 21.5 Å². The van der Waals surface area contributed by atoms with Gasteiger partial charge in [0.1, 0.15) is 5.75 Å². The third-order valence-electron chi connectivity index (χ3n) is 3.82. The van der Waals surface area contributed by atoms with Gasteiger partial charge in [-0.3, -0.25) is 4.40 Å². The molecular formula is C18H16N4OS. The lowest BCUT2D eigenvalue weighted by Gasteiger charge is -2.09. The molecule has 1 aromatic carbocycles. The van der Waals surface area contributed by atoms with Crippen molar-refractivity contribution in [3.63, 3.8) is 0 Å². The second kappa shape index (κ2) is 6.33. The summed E-state index contributed by atoms with van der Waals surface area (Å²) >= 11 is 1.72. The third kappa shape index (κ3) is 2.61. The van der Waals surface area contributed by atoms with E-state index in [0.717, 1.165) is 35.0 Å². The van der Waals surface area contributed by atoms with E-state index in [1.807, 2.05) is 47.1 Å². The number of fused-ring (bicyclic) bond motifs is 1. The van der Waals surface area contributed by atoms with Gasteiger partial charge in [0.2, 0.25) is 0 Å². The van der Waals surface area contributed by atoms with E-state index in [1.165, 1.54) is 4.88 Å². The number of imidazole rings is 1. The van der Waals surface area contributed by atoms with E-state index < -0.39 is 0 Å². The Balaban J connectivity index is 1.73. The van der Waals surface area contributed by atoms with Crippen molar-refractivity contribution in [2.45, 2.75) is 6.54 Å². The quantitative estimate of drug-likeness (QED) is 0.597. The summed E-state index contributed by atoms with van der Waals surface area (Å²) in [5.41, 5.74) is 2.78. The zero-order chi connectivity index (χ0) is 16.4. The van der Waals surface area contributed by atoms with Crippen LogP contribution in [0.25, 0.3) is 16.9 Å². The van der Waals surface area contributed by atoms with Gasteiger partial charge in [-0.25, -0.2) is 9.97 Å². The van der Waals surface area contributed by atoms with Crippen LogP contribution in [0, 0.1) is 0 Å². The maximum atomic E-state index is 5.47. The highest BCUT2D eigenvalue weighted by Crippen LogP contribution is 2.31. The molecule has 24 heavy (non-hydrogen) atoms. The van der Waals surface area contributed by atoms with Crippen LogP contribution < -0.4 is 10.1 Å². The second-order valence-electron chi connectivity index (χ2n) is 5.25. The van der Waals surface area contributed by atoms with Crippen LogP contribution in [-0.2, 0) is 6.54 Å². The Bertz CT molecular complexity index is 962. The second-order valence-corrected chi connectivity index (χ2v) is 6.28. The molecule has 0 saturated carbocycles. The molecule has 3 aromatic heterocycles. The molecule has 0 aliphatic rings. The highest BCUT2D eigenvalue weighted by molar-refractivity contribution is 7.09. The lowest BCUT2D eigenvalue weighted by atomic mass is 10.1. The number of methoxy groups -OCH3 is 1. The smallest absolute Gasteiger partial charge is 0.180 e. The summed E-state index contributed by atoms with van der Waals surface area (Å²) in [6.45, 7) is 0.737. The van der Waals surface area contributed by atoms with Crippen molar-refractivity contribution in [2.75, 3.05) is 12.4 Å². The molecule has 0 radical (unpaired) electrons. The Morgan fingerprint density at radius 2 is 2.08 bits per heavy atom. The number of nitrogens with one attached hydrogen (secondary N) is 1. The molecule has 0 unspecified atom stereocenters. The highest BCUT2D eigenvalue weighted by Gasteiger charge is 2.13. The van der Waals surface area contributed by atoms with E-state index in [4.69, 9.17) is 4.74 Å². The Kier molecular flexibility index (Phi) is 3.88. The van der Waals surface area contributed by atoms with Crippen LogP contribution in [0.15, 0.2) is 60.4 Å². The minimum Gasteiger partial charge on any atom is -0.496 e. The fraction of sp³-hybridized carbons (Fsp3) is 0.111. The number of benzene rings is 1. The van der Waals surface area contributed by atoms with Gasteiger partial charge in [-0.05, 0) is 23.6 Å². The summed E-state index contributed by atoms with van der Waals surface area (Å²) in [4.78, 5) is 10.3. The first kappa shape index (κ1) is 14.7. The summed E-state index contributed by atoms with van der Waals surface area (Å²) < 4.78 is 7.50. The van der Waals surface area contributed by atoms with Crippen molar-refractivity contribution >= 4 is 22.8 Å². The first-order valence-corrected chi connectivity index (χ1v) is 8.46. The van der Waals surface area contributed by atoms with Gasteiger partial charge in [-0.2, -0.15) is 0 Å². The van der Waals surface area contributed by atoms with E-state index in [0.29, 0.717) is 0 Å². The minimum absolute atomic E-state index is 0.737. The maximum Gasteiger partial charge on any atom is 0.180 e. The number of anilines is 1. The monoisotopic (exact) mass is 336 g/mol. The molecule has 0 spiro atoms. The molecule has 0 aliphatic heterocycles. The Morgan fingerprint density at radius 3 is 2.92 bits per heavy atom. The fourth-order valence-corrected chi connectivity index (χ4v) is 3.33. The van der Waals surface area contributed by atoms with Gasteiger partial charge >= 0.3 is 0 Å². The molecule has 4 aromatic rings. The van der Waals surface area contributed by atoms with E-state index in [-0.39, 0.29) is 0 Å². The molecule has 120 valence electrons. The summed E-state index contributed by atoms with van der Waals surface area (Å²) in [7, 11) is 1.68. The van der Waals surface area contributed by atoms with Crippen molar-refractivity contribution in [3.05, 3.63) is 65.2 Å². The van der Waals surface area contributed by atoms with Crippen molar-refractivity contribution < 1.29 is 4.74 Å². The van der Waals surface area contributed by atoms with Crippen molar-refractivity contribution in [2.24, 2.45) is 0 Å². The Morgan fingerprint density at radius 1 is 1.17 bits per heavy atom. The highest BCUT2D eigenvalue weighted by atomic mass is 32.1.